The third-order valence-corrected chi connectivity index (χ3v) is 11.5. The van der Waals surface area contributed by atoms with Crippen LogP contribution in [0.5, 0.6) is 0 Å². The predicted octanol–water partition coefficient (Wildman–Crippen LogP) is 6.19. The lowest BCUT2D eigenvalue weighted by Gasteiger charge is -2.44. The van der Waals surface area contributed by atoms with Gasteiger partial charge in [0.15, 0.2) is 8.32 Å². The third-order valence-electron chi connectivity index (χ3n) is 6.45. The highest BCUT2D eigenvalue weighted by Crippen LogP contribution is 2.41. The van der Waals surface area contributed by atoms with Crippen molar-refractivity contribution in [2.45, 2.75) is 95.7 Å². The van der Waals surface area contributed by atoms with Crippen molar-refractivity contribution in [3.8, 4) is 0 Å². The van der Waals surface area contributed by atoms with E-state index in [4.69, 9.17) is 4.43 Å². The van der Waals surface area contributed by atoms with Crippen LogP contribution in [0.3, 0.4) is 0 Å². The quantitative estimate of drug-likeness (QED) is 0.481. The van der Waals surface area contributed by atoms with Gasteiger partial charge in [-0.15, -0.1) is 0 Å². The molecule has 3 nitrogen and oxygen atoms in total. The standard InChI is InChI=1S/C22H38BrNO2Si/c1-17(18-9-11-19(23)12-10-18)24-15-14-22(25)13-7-8-20(16-22)26-27(5,6)21(2,3)4/h9-12,17,20,24-25H,7-8,13-16H2,1-6H3/t17-,20-,22+/m0/s1. The average Bonchev–Trinajstić information content (AvgIpc) is 2.53. The van der Waals surface area contributed by atoms with E-state index in [9.17, 15) is 5.11 Å². The molecule has 0 heterocycles. The van der Waals surface area contributed by atoms with Crippen molar-refractivity contribution in [3.05, 3.63) is 34.3 Å². The predicted molar refractivity (Wildman–Crippen MR) is 121 cm³/mol. The van der Waals surface area contributed by atoms with Crippen molar-refractivity contribution >= 4 is 24.2 Å². The molecule has 0 amide bonds. The zero-order valence-electron chi connectivity index (χ0n) is 17.9. The van der Waals surface area contributed by atoms with Crippen molar-refractivity contribution in [1.29, 1.82) is 0 Å². The molecule has 0 unspecified atom stereocenters. The van der Waals surface area contributed by atoms with Crippen molar-refractivity contribution in [1.82, 2.24) is 5.32 Å². The maximum absolute atomic E-state index is 11.2. The van der Waals surface area contributed by atoms with Crippen LogP contribution in [0.15, 0.2) is 28.7 Å². The van der Waals surface area contributed by atoms with Crippen LogP contribution in [0.25, 0.3) is 0 Å². The van der Waals surface area contributed by atoms with E-state index in [1.54, 1.807) is 0 Å². The number of aliphatic hydroxyl groups is 1. The van der Waals surface area contributed by atoms with E-state index < -0.39 is 13.9 Å². The molecule has 2 rings (SSSR count). The van der Waals surface area contributed by atoms with E-state index in [1.165, 1.54) is 5.56 Å². The molecule has 1 aliphatic carbocycles. The van der Waals surface area contributed by atoms with Gasteiger partial charge >= 0.3 is 0 Å². The van der Waals surface area contributed by atoms with Crippen LogP contribution >= 0.6 is 15.9 Å². The van der Waals surface area contributed by atoms with Crippen LogP contribution in [-0.4, -0.2) is 31.7 Å². The second-order valence-electron chi connectivity index (χ2n) is 9.80. The Labute approximate surface area is 175 Å². The van der Waals surface area contributed by atoms with Gasteiger partial charge < -0.3 is 14.8 Å². The van der Waals surface area contributed by atoms with Gasteiger partial charge in [0.2, 0.25) is 0 Å². The summed E-state index contributed by atoms with van der Waals surface area (Å²) in [6.45, 7) is 14.5. The molecule has 5 heteroatoms. The fourth-order valence-electron chi connectivity index (χ4n) is 3.60. The first-order valence-corrected chi connectivity index (χ1v) is 14.0. The summed E-state index contributed by atoms with van der Waals surface area (Å²) in [6, 6.07) is 8.71. The van der Waals surface area contributed by atoms with Gasteiger partial charge in [-0.2, -0.15) is 0 Å². The lowest BCUT2D eigenvalue weighted by Crippen LogP contribution is -2.48. The highest BCUT2D eigenvalue weighted by Gasteiger charge is 2.42. The molecule has 2 N–H and O–H groups in total. The molecule has 1 saturated carbocycles. The Hall–Kier alpha value is -0.203. The Morgan fingerprint density at radius 2 is 1.93 bits per heavy atom. The molecular weight excluding hydrogens is 418 g/mol. The normalized spacial score (nSPS) is 25.4. The average molecular weight is 457 g/mol. The van der Waals surface area contributed by atoms with Crippen molar-refractivity contribution in [3.63, 3.8) is 0 Å². The zero-order chi connectivity index (χ0) is 20.3. The van der Waals surface area contributed by atoms with Gasteiger partial charge in [0.05, 0.1) is 5.60 Å². The molecule has 0 spiro atoms. The number of nitrogens with one attached hydrogen (secondary N) is 1. The van der Waals surface area contributed by atoms with E-state index in [1.807, 2.05) is 0 Å². The fraction of sp³-hybridized carbons (Fsp3) is 0.727. The number of halogens is 1. The summed E-state index contributed by atoms with van der Waals surface area (Å²) in [5.74, 6) is 0. The molecule has 1 aromatic carbocycles. The largest absolute Gasteiger partial charge is 0.414 e. The van der Waals surface area contributed by atoms with Crippen LogP contribution in [-0.2, 0) is 4.43 Å². The molecule has 1 fully saturated rings. The van der Waals surface area contributed by atoms with Gasteiger partial charge in [0, 0.05) is 23.0 Å². The Morgan fingerprint density at radius 1 is 1.30 bits per heavy atom. The molecule has 154 valence electrons. The first-order valence-electron chi connectivity index (χ1n) is 10.3. The van der Waals surface area contributed by atoms with E-state index >= 15 is 0 Å². The Balaban J connectivity index is 1.85. The molecule has 0 radical (unpaired) electrons. The second kappa shape index (κ2) is 9.08. The molecule has 0 bridgehead atoms. The maximum atomic E-state index is 11.2. The monoisotopic (exact) mass is 455 g/mol. The van der Waals surface area contributed by atoms with Crippen molar-refractivity contribution in [2.75, 3.05) is 6.54 Å². The molecule has 0 aliphatic heterocycles. The topological polar surface area (TPSA) is 41.5 Å². The van der Waals surface area contributed by atoms with Crippen LogP contribution in [0.1, 0.15) is 71.4 Å². The van der Waals surface area contributed by atoms with Crippen molar-refractivity contribution < 1.29 is 9.53 Å². The van der Waals surface area contributed by atoms with Gasteiger partial charge in [-0.3, -0.25) is 0 Å². The first kappa shape index (κ1) is 23.1. The third kappa shape index (κ3) is 6.67. The lowest BCUT2D eigenvalue weighted by molar-refractivity contribution is -0.0464. The minimum Gasteiger partial charge on any atom is -0.414 e. The molecule has 27 heavy (non-hydrogen) atoms. The van der Waals surface area contributed by atoms with E-state index in [-0.39, 0.29) is 17.2 Å². The lowest BCUT2D eigenvalue weighted by atomic mass is 9.81. The molecule has 1 aromatic rings. The van der Waals surface area contributed by atoms with Crippen LogP contribution in [0.4, 0.5) is 0 Å². The summed E-state index contributed by atoms with van der Waals surface area (Å²) in [5, 5.41) is 14.9. The number of rotatable bonds is 7. The van der Waals surface area contributed by atoms with E-state index in [0.717, 1.165) is 43.1 Å². The summed E-state index contributed by atoms with van der Waals surface area (Å²) in [5.41, 5.74) is 0.672. The minimum absolute atomic E-state index is 0.202. The zero-order valence-corrected chi connectivity index (χ0v) is 20.5. The summed E-state index contributed by atoms with van der Waals surface area (Å²) >= 11 is 3.48. The van der Waals surface area contributed by atoms with Gasteiger partial charge in [0.1, 0.15) is 0 Å². The first-order chi connectivity index (χ1) is 12.4. The molecular formula is C22H38BrNO2Si. The second-order valence-corrected chi connectivity index (χ2v) is 15.5. The van der Waals surface area contributed by atoms with Crippen LogP contribution in [0, 0.1) is 0 Å². The van der Waals surface area contributed by atoms with Gasteiger partial charge in [-0.25, -0.2) is 0 Å². The maximum Gasteiger partial charge on any atom is 0.192 e. The summed E-state index contributed by atoms with van der Waals surface area (Å²) in [7, 11) is -1.78. The number of hydrogen-bond acceptors (Lipinski definition) is 3. The van der Waals surface area contributed by atoms with Gasteiger partial charge in [-0.05, 0) is 75.0 Å². The van der Waals surface area contributed by atoms with Crippen LogP contribution < -0.4 is 5.32 Å². The molecule has 0 saturated heterocycles. The summed E-state index contributed by atoms with van der Waals surface area (Å²) in [6.07, 6.45) is 4.78. The number of benzene rings is 1. The smallest absolute Gasteiger partial charge is 0.192 e. The summed E-state index contributed by atoms with van der Waals surface area (Å²) < 4.78 is 7.70. The number of hydrogen-bond donors (Lipinski definition) is 2. The van der Waals surface area contributed by atoms with Gasteiger partial charge in [0.25, 0.3) is 0 Å². The minimum atomic E-state index is -1.78. The fourth-order valence-corrected chi connectivity index (χ4v) is 5.25. The Bertz CT molecular complexity index is 599. The summed E-state index contributed by atoms with van der Waals surface area (Å²) in [4.78, 5) is 0. The van der Waals surface area contributed by atoms with Crippen molar-refractivity contribution in [2.24, 2.45) is 0 Å². The highest BCUT2D eigenvalue weighted by molar-refractivity contribution is 9.10. The molecule has 3 atom stereocenters. The Kier molecular flexibility index (Phi) is 7.76. The van der Waals surface area contributed by atoms with Gasteiger partial charge in [-0.1, -0.05) is 48.8 Å². The Morgan fingerprint density at radius 3 is 2.52 bits per heavy atom. The van der Waals surface area contributed by atoms with E-state index in [2.05, 4.69) is 86.3 Å². The molecule has 1 aliphatic rings. The SMILES string of the molecule is C[C@H](NCC[C@]1(O)CCC[C@H](O[Si](C)(C)C(C)(C)C)C1)c1ccc(Br)cc1. The van der Waals surface area contributed by atoms with E-state index in [0.29, 0.717) is 0 Å². The molecule has 0 aromatic heterocycles. The highest BCUT2D eigenvalue weighted by atomic mass is 79.9. The van der Waals surface area contributed by atoms with Crippen LogP contribution in [0.2, 0.25) is 18.1 Å².